The fourth-order valence-electron chi connectivity index (χ4n) is 2.86. The first-order valence-electron chi connectivity index (χ1n) is 9.38. The van der Waals surface area contributed by atoms with Crippen molar-refractivity contribution in [2.24, 2.45) is 5.92 Å². The van der Waals surface area contributed by atoms with Gasteiger partial charge in [-0.1, -0.05) is 56.3 Å². The number of hydrogen-bond donors (Lipinski definition) is 2. The molecule has 0 aromatic heterocycles. The van der Waals surface area contributed by atoms with Gasteiger partial charge in [-0.15, -0.1) is 0 Å². The molecule has 3 rings (SSSR count). The number of anilines is 2. The number of carbonyl (C=O) groups excluding carboxylic acids is 1. The molecular formula is C24H26N2O. The van der Waals surface area contributed by atoms with Gasteiger partial charge in [0.05, 0.1) is 0 Å². The molecule has 0 radical (unpaired) electrons. The second kappa shape index (κ2) is 9.04. The van der Waals surface area contributed by atoms with Crippen LogP contribution in [0.4, 0.5) is 11.4 Å². The molecule has 138 valence electrons. The predicted molar refractivity (Wildman–Crippen MR) is 113 cm³/mol. The molecule has 0 spiro atoms. The zero-order chi connectivity index (χ0) is 19.1. The number of para-hydroxylation sites is 1. The molecule has 0 bridgehead atoms. The third kappa shape index (κ3) is 5.71. The summed E-state index contributed by atoms with van der Waals surface area (Å²) in [7, 11) is 0. The van der Waals surface area contributed by atoms with E-state index in [2.05, 4.69) is 60.9 Å². The van der Waals surface area contributed by atoms with E-state index in [4.69, 9.17) is 0 Å². The molecule has 2 N–H and O–H groups in total. The normalized spacial score (nSPS) is 10.6. The van der Waals surface area contributed by atoms with Crippen molar-refractivity contribution in [2.75, 3.05) is 11.9 Å². The highest BCUT2D eigenvalue weighted by molar-refractivity contribution is 5.94. The predicted octanol–water partition coefficient (Wildman–Crippen LogP) is 5.41. The number of rotatable bonds is 7. The molecule has 0 saturated carbocycles. The van der Waals surface area contributed by atoms with E-state index in [9.17, 15) is 4.79 Å². The molecule has 0 unspecified atom stereocenters. The van der Waals surface area contributed by atoms with Gasteiger partial charge in [-0.3, -0.25) is 4.79 Å². The molecular weight excluding hydrogens is 332 g/mol. The molecule has 3 aromatic carbocycles. The van der Waals surface area contributed by atoms with Crippen LogP contribution in [0.1, 0.15) is 35.3 Å². The monoisotopic (exact) mass is 358 g/mol. The number of carbonyl (C=O) groups is 1. The van der Waals surface area contributed by atoms with Crippen LogP contribution in [0.5, 0.6) is 0 Å². The van der Waals surface area contributed by atoms with Gasteiger partial charge in [0, 0.05) is 23.5 Å². The van der Waals surface area contributed by atoms with Crippen LogP contribution in [0.15, 0.2) is 78.9 Å². The second-order valence-corrected chi connectivity index (χ2v) is 7.17. The Morgan fingerprint density at radius 1 is 0.815 bits per heavy atom. The molecule has 0 saturated heterocycles. The fourth-order valence-corrected chi connectivity index (χ4v) is 2.86. The summed E-state index contributed by atoms with van der Waals surface area (Å²) < 4.78 is 0. The minimum Gasteiger partial charge on any atom is -0.356 e. The Morgan fingerprint density at radius 3 is 2.22 bits per heavy atom. The number of hydrogen-bond acceptors (Lipinski definition) is 2. The summed E-state index contributed by atoms with van der Waals surface area (Å²) in [6, 6.07) is 26.4. The van der Waals surface area contributed by atoms with Crippen molar-refractivity contribution in [2.45, 2.75) is 20.3 Å². The van der Waals surface area contributed by atoms with E-state index in [0.717, 1.165) is 17.8 Å². The van der Waals surface area contributed by atoms with Crippen molar-refractivity contribution < 1.29 is 4.79 Å². The lowest BCUT2D eigenvalue weighted by Crippen LogP contribution is -2.27. The molecule has 3 aromatic rings. The number of amides is 1. The van der Waals surface area contributed by atoms with Gasteiger partial charge in [0.1, 0.15) is 0 Å². The fraction of sp³-hybridized carbons (Fsp3) is 0.208. The van der Waals surface area contributed by atoms with Crippen molar-refractivity contribution >= 4 is 17.3 Å². The van der Waals surface area contributed by atoms with Crippen LogP contribution in [0, 0.1) is 5.92 Å². The molecule has 0 atom stereocenters. The van der Waals surface area contributed by atoms with Gasteiger partial charge >= 0.3 is 0 Å². The molecule has 0 aliphatic heterocycles. The van der Waals surface area contributed by atoms with Crippen LogP contribution in [0.2, 0.25) is 0 Å². The molecule has 0 fully saturated rings. The lowest BCUT2D eigenvalue weighted by molar-refractivity contribution is 0.0949. The maximum absolute atomic E-state index is 12.1. The highest BCUT2D eigenvalue weighted by Gasteiger charge is 2.06. The van der Waals surface area contributed by atoms with Crippen molar-refractivity contribution in [3.05, 3.63) is 95.6 Å². The molecule has 0 aliphatic rings. The maximum atomic E-state index is 12.1. The Kier molecular flexibility index (Phi) is 6.26. The average molecular weight is 358 g/mol. The minimum absolute atomic E-state index is 0.00990. The van der Waals surface area contributed by atoms with Crippen LogP contribution >= 0.6 is 0 Å². The van der Waals surface area contributed by atoms with Crippen LogP contribution in [-0.4, -0.2) is 12.5 Å². The summed E-state index contributed by atoms with van der Waals surface area (Å²) in [4.78, 5) is 12.1. The van der Waals surface area contributed by atoms with Gasteiger partial charge < -0.3 is 10.6 Å². The zero-order valence-electron chi connectivity index (χ0n) is 15.9. The van der Waals surface area contributed by atoms with Gasteiger partial charge in [-0.05, 0) is 59.9 Å². The summed E-state index contributed by atoms with van der Waals surface area (Å²) in [5, 5.41) is 6.38. The maximum Gasteiger partial charge on any atom is 0.251 e. The summed E-state index contributed by atoms with van der Waals surface area (Å²) >= 11 is 0. The van der Waals surface area contributed by atoms with Gasteiger partial charge in [0.2, 0.25) is 0 Å². The van der Waals surface area contributed by atoms with Gasteiger partial charge in [-0.25, -0.2) is 0 Å². The van der Waals surface area contributed by atoms with E-state index in [1.54, 1.807) is 0 Å². The quantitative estimate of drug-likeness (QED) is 0.593. The molecule has 0 heterocycles. The minimum atomic E-state index is -0.00990. The SMILES string of the molecule is CC(C)CNC(=O)c1ccc(Cc2cccc(Nc3ccccc3)c2)cc1. The average Bonchev–Trinajstić information content (AvgIpc) is 2.68. The molecule has 0 aliphatic carbocycles. The standard InChI is InChI=1S/C24H26N2O/c1-18(2)17-25-24(27)21-13-11-19(12-14-21)15-20-7-6-10-23(16-20)26-22-8-4-3-5-9-22/h3-14,16,18,26H,15,17H2,1-2H3,(H,25,27). The van der Waals surface area contributed by atoms with Gasteiger partial charge in [-0.2, -0.15) is 0 Å². The zero-order valence-corrected chi connectivity index (χ0v) is 15.9. The van der Waals surface area contributed by atoms with E-state index in [1.807, 2.05) is 42.5 Å². The van der Waals surface area contributed by atoms with E-state index in [-0.39, 0.29) is 5.91 Å². The second-order valence-electron chi connectivity index (χ2n) is 7.17. The van der Waals surface area contributed by atoms with Crippen LogP contribution in [0.25, 0.3) is 0 Å². The summed E-state index contributed by atoms with van der Waals surface area (Å²) in [5.41, 5.74) is 5.27. The first kappa shape index (κ1) is 18.7. The summed E-state index contributed by atoms with van der Waals surface area (Å²) in [6.45, 7) is 4.87. The molecule has 1 amide bonds. The van der Waals surface area contributed by atoms with Crippen molar-refractivity contribution in [3.8, 4) is 0 Å². The number of nitrogens with one attached hydrogen (secondary N) is 2. The number of benzene rings is 3. The van der Waals surface area contributed by atoms with Gasteiger partial charge in [0.25, 0.3) is 5.91 Å². The first-order chi connectivity index (χ1) is 13.1. The highest BCUT2D eigenvalue weighted by atomic mass is 16.1. The largest absolute Gasteiger partial charge is 0.356 e. The Morgan fingerprint density at radius 2 is 1.52 bits per heavy atom. The van der Waals surface area contributed by atoms with E-state index in [0.29, 0.717) is 18.0 Å². The Labute approximate surface area is 161 Å². The van der Waals surface area contributed by atoms with Gasteiger partial charge in [0.15, 0.2) is 0 Å². The smallest absolute Gasteiger partial charge is 0.251 e. The van der Waals surface area contributed by atoms with Crippen LogP contribution in [-0.2, 0) is 6.42 Å². The third-order valence-electron chi connectivity index (χ3n) is 4.28. The van der Waals surface area contributed by atoms with Crippen molar-refractivity contribution in [1.29, 1.82) is 0 Å². The first-order valence-corrected chi connectivity index (χ1v) is 9.38. The van der Waals surface area contributed by atoms with Crippen molar-refractivity contribution in [3.63, 3.8) is 0 Å². The van der Waals surface area contributed by atoms with E-state index in [1.165, 1.54) is 11.1 Å². The van der Waals surface area contributed by atoms with Crippen molar-refractivity contribution in [1.82, 2.24) is 5.32 Å². The Balaban J connectivity index is 1.63. The van der Waals surface area contributed by atoms with E-state index < -0.39 is 0 Å². The Bertz CT molecular complexity index is 870. The summed E-state index contributed by atoms with van der Waals surface area (Å²) in [5.74, 6) is 0.439. The van der Waals surface area contributed by atoms with Crippen LogP contribution in [0.3, 0.4) is 0 Å². The molecule has 3 nitrogen and oxygen atoms in total. The Hall–Kier alpha value is -3.07. The molecule has 27 heavy (non-hydrogen) atoms. The highest BCUT2D eigenvalue weighted by Crippen LogP contribution is 2.19. The lowest BCUT2D eigenvalue weighted by Gasteiger charge is -2.10. The molecule has 3 heteroatoms. The topological polar surface area (TPSA) is 41.1 Å². The van der Waals surface area contributed by atoms with Crippen LogP contribution < -0.4 is 10.6 Å². The van der Waals surface area contributed by atoms with E-state index >= 15 is 0 Å². The third-order valence-corrected chi connectivity index (χ3v) is 4.28. The lowest BCUT2D eigenvalue weighted by atomic mass is 10.0. The summed E-state index contributed by atoms with van der Waals surface area (Å²) in [6.07, 6.45) is 0.832.